The molecule has 0 saturated carbocycles. The second kappa shape index (κ2) is 8.06. The van der Waals surface area contributed by atoms with Crippen molar-refractivity contribution in [3.8, 4) is 0 Å². The lowest BCUT2D eigenvalue weighted by molar-refractivity contribution is -0.121. The zero-order valence-corrected chi connectivity index (χ0v) is 15.3. The highest BCUT2D eigenvalue weighted by atomic mass is 32.1. The van der Waals surface area contributed by atoms with E-state index >= 15 is 0 Å². The molecule has 2 rings (SSSR count). The fraction of sp³-hybridized carbons (Fsp3) is 0.667. The number of thiophene rings is 1. The van der Waals surface area contributed by atoms with Crippen molar-refractivity contribution < 1.29 is 9.59 Å². The van der Waals surface area contributed by atoms with Gasteiger partial charge in [0.2, 0.25) is 5.91 Å². The lowest BCUT2D eigenvalue weighted by Gasteiger charge is -2.41. The molecule has 1 aliphatic rings. The molecule has 0 atom stereocenters. The molecule has 23 heavy (non-hydrogen) atoms. The molecule has 1 fully saturated rings. The number of aryl methyl sites for hydroxylation is 1. The number of carbonyl (C=O) groups excluding carboxylic acids is 2. The zero-order valence-electron chi connectivity index (χ0n) is 14.5. The summed E-state index contributed by atoms with van der Waals surface area (Å²) in [6.07, 6.45) is 4.35. The monoisotopic (exact) mass is 336 g/mol. The maximum Gasteiger partial charge on any atom is 0.220 e. The summed E-state index contributed by atoms with van der Waals surface area (Å²) in [5, 5.41) is 3.00. The Kier molecular flexibility index (Phi) is 6.36. The Morgan fingerprint density at radius 3 is 2.48 bits per heavy atom. The number of carbonyl (C=O) groups is 2. The second-order valence-electron chi connectivity index (χ2n) is 6.97. The van der Waals surface area contributed by atoms with Crippen molar-refractivity contribution in [1.29, 1.82) is 0 Å². The predicted octanol–water partition coefficient (Wildman–Crippen LogP) is 3.40. The van der Waals surface area contributed by atoms with Gasteiger partial charge in [0.1, 0.15) is 0 Å². The summed E-state index contributed by atoms with van der Waals surface area (Å²) >= 11 is 1.50. The average molecular weight is 337 g/mol. The Labute approximate surface area is 143 Å². The van der Waals surface area contributed by atoms with Gasteiger partial charge in [0, 0.05) is 29.8 Å². The third-order valence-electron chi connectivity index (χ3n) is 4.52. The van der Waals surface area contributed by atoms with E-state index in [1.54, 1.807) is 0 Å². The van der Waals surface area contributed by atoms with Gasteiger partial charge in [0.15, 0.2) is 5.78 Å². The third-order valence-corrected chi connectivity index (χ3v) is 5.57. The summed E-state index contributed by atoms with van der Waals surface area (Å²) < 4.78 is 0. The molecule has 1 saturated heterocycles. The first-order valence-corrected chi connectivity index (χ1v) is 9.31. The van der Waals surface area contributed by atoms with Gasteiger partial charge >= 0.3 is 0 Å². The number of nitrogens with one attached hydrogen (secondary N) is 1. The normalized spacial score (nSPS) is 16.3. The van der Waals surface area contributed by atoms with Crippen LogP contribution in [0.4, 0.5) is 0 Å². The summed E-state index contributed by atoms with van der Waals surface area (Å²) in [7, 11) is 0. The van der Waals surface area contributed by atoms with Crippen molar-refractivity contribution in [2.75, 3.05) is 19.6 Å². The molecule has 1 aliphatic heterocycles. The molecule has 4 nitrogen and oxygen atoms in total. The van der Waals surface area contributed by atoms with Gasteiger partial charge in [0.25, 0.3) is 0 Å². The largest absolute Gasteiger partial charge is 0.354 e. The van der Waals surface area contributed by atoms with Crippen molar-refractivity contribution >= 4 is 23.0 Å². The van der Waals surface area contributed by atoms with Gasteiger partial charge in [-0.1, -0.05) is 6.42 Å². The Hall–Kier alpha value is -1.20. The first kappa shape index (κ1) is 18.1. The van der Waals surface area contributed by atoms with E-state index in [2.05, 4.69) is 24.1 Å². The maximum atomic E-state index is 12.0. The Bertz CT molecular complexity index is 545. The van der Waals surface area contributed by atoms with Gasteiger partial charge in [-0.15, -0.1) is 11.3 Å². The average Bonchev–Trinajstić information content (AvgIpc) is 2.98. The van der Waals surface area contributed by atoms with E-state index in [0.717, 1.165) is 22.8 Å². The molecule has 1 amide bonds. The lowest BCUT2D eigenvalue weighted by Crippen LogP contribution is -2.53. The predicted molar refractivity (Wildman–Crippen MR) is 95.1 cm³/mol. The van der Waals surface area contributed by atoms with Crippen LogP contribution >= 0.6 is 11.3 Å². The van der Waals surface area contributed by atoms with Crippen molar-refractivity contribution in [1.82, 2.24) is 10.2 Å². The molecule has 1 N–H and O–H groups in total. The van der Waals surface area contributed by atoms with Crippen molar-refractivity contribution in [3.05, 3.63) is 21.9 Å². The molecule has 0 bridgehead atoms. The van der Waals surface area contributed by atoms with E-state index in [0.29, 0.717) is 6.54 Å². The fourth-order valence-corrected chi connectivity index (χ4v) is 3.78. The Morgan fingerprint density at radius 2 is 1.87 bits per heavy atom. The minimum atomic E-state index is -0.0308. The molecular weight excluding hydrogens is 308 g/mol. The maximum absolute atomic E-state index is 12.0. The summed E-state index contributed by atoms with van der Waals surface area (Å²) in [5.74, 6) is 0.0326. The van der Waals surface area contributed by atoms with Gasteiger partial charge in [-0.05, 0) is 58.8 Å². The van der Waals surface area contributed by atoms with E-state index in [1.807, 2.05) is 19.1 Å². The molecule has 0 spiro atoms. The first-order valence-electron chi connectivity index (χ1n) is 8.50. The van der Waals surface area contributed by atoms with Crippen LogP contribution < -0.4 is 5.32 Å². The number of rotatable bonds is 7. The minimum Gasteiger partial charge on any atom is -0.354 e. The van der Waals surface area contributed by atoms with E-state index in [-0.39, 0.29) is 30.1 Å². The Balaban J connectivity index is 1.73. The molecule has 2 heterocycles. The molecular formula is C18H28N2O2S. The van der Waals surface area contributed by atoms with E-state index in [1.165, 1.54) is 30.6 Å². The van der Waals surface area contributed by atoms with E-state index in [9.17, 15) is 9.59 Å². The molecule has 0 unspecified atom stereocenters. The van der Waals surface area contributed by atoms with Gasteiger partial charge in [0.05, 0.1) is 4.88 Å². The summed E-state index contributed by atoms with van der Waals surface area (Å²) in [5.41, 5.74) is -0.0229. The van der Waals surface area contributed by atoms with Crippen LogP contribution in [-0.2, 0) is 4.79 Å². The van der Waals surface area contributed by atoms with Crippen LogP contribution in [0.3, 0.4) is 0 Å². The fourth-order valence-electron chi connectivity index (χ4n) is 2.95. The molecule has 128 valence electrons. The van der Waals surface area contributed by atoms with Gasteiger partial charge in [-0.2, -0.15) is 0 Å². The van der Waals surface area contributed by atoms with Crippen LogP contribution in [0.15, 0.2) is 12.1 Å². The number of hydrogen-bond donors (Lipinski definition) is 1. The molecule has 0 radical (unpaired) electrons. The van der Waals surface area contributed by atoms with Gasteiger partial charge in [-0.3, -0.25) is 14.5 Å². The molecule has 0 aliphatic carbocycles. The summed E-state index contributed by atoms with van der Waals surface area (Å²) in [6, 6.07) is 3.79. The van der Waals surface area contributed by atoms with Crippen molar-refractivity contribution in [3.63, 3.8) is 0 Å². The number of hydrogen-bond acceptors (Lipinski definition) is 4. The smallest absolute Gasteiger partial charge is 0.220 e. The quantitative estimate of drug-likeness (QED) is 0.776. The highest BCUT2D eigenvalue weighted by Gasteiger charge is 2.28. The van der Waals surface area contributed by atoms with Crippen molar-refractivity contribution in [2.24, 2.45) is 0 Å². The molecule has 1 aromatic rings. The third kappa shape index (κ3) is 5.43. The lowest BCUT2D eigenvalue weighted by atomic mass is 9.98. The van der Waals surface area contributed by atoms with Crippen LogP contribution in [-0.4, -0.2) is 41.8 Å². The van der Waals surface area contributed by atoms with Crippen LogP contribution in [0.1, 0.15) is 60.5 Å². The van der Waals surface area contributed by atoms with Crippen LogP contribution in [0, 0.1) is 6.92 Å². The summed E-state index contributed by atoms with van der Waals surface area (Å²) in [6.45, 7) is 9.20. The van der Waals surface area contributed by atoms with Crippen LogP contribution in [0.2, 0.25) is 0 Å². The second-order valence-corrected chi connectivity index (χ2v) is 8.26. The Morgan fingerprint density at radius 1 is 1.17 bits per heavy atom. The van der Waals surface area contributed by atoms with Gasteiger partial charge in [-0.25, -0.2) is 0 Å². The number of ketones is 1. The van der Waals surface area contributed by atoms with Crippen LogP contribution in [0.5, 0.6) is 0 Å². The number of likely N-dealkylation sites (tertiary alicyclic amines) is 1. The number of piperidine rings is 1. The van der Waals surface area contributed by atoms with Gasteiger partial charge < -0.3 is 5.32 Å². The topological polar surface area (TPSA) is 49.4 Å². The molecule has 1 aromatic heterocycles. The summed E-state index contributed by atoms with van der Waals surface area (Å²) in [4.78, 5) is 28.4. The standard InChI is InChI=1S/C18H28N2O2S/c1-14-7-9-16(23-14)15(21)8-10-17(22)19-13-18(2,3)20-11-5-4-6-12-20/h7,9H,4-6,8,10-13H2,1-3H3,(H,19,22). The van der Waals surface area contributed by atoms with Crippen molar-refractivity contribution in [2.45, 2.75) is 58.4 Å². The number of amides is 1. The number of Topliss-reactive ketones (excluding diaryl/α,β-unsaturated/α-hetero) is 1. The highest BCUT2D eigenvalue weighted by molar-refractivity contribution is 7.14. The minimum absolute atomic E-state index is 0.0229. The molecule has 0 aromatic carbocycles. The SMILES string of the molecule is Cc1ccc(C(=O)CCC(=O)NCC(C)(C)N2CCCCC2)s1. The zero-order chi connectivity index (χ0) is 16.9. The van der Waals surface area contributed by atoms with E-state index < -0.39 is 0 Å². The molecule has 5 heteroatoms. The highest BCUT2D eigenvalue weighted by Crippen LogP contribution is 2.20. The van der Waals surface area contributed by atoms with Crippen LogP contribution in [0.25, 0.3) is 0 Å². The first-order chi connectivity index (χ1) is 10.9. The van der Waals surface area contributed by atoms with E-state index in [4.69, 9.17) is 0 Å². The number of nitrogens with zero attached hydrogens (tertiary/aromatic N) is 1.